The number of anilines is 1. The SMILES string of the molecule is Cc1ccn2c(NC(=O)N3CC(F)(c4cccnc4)C3)cnc2c1C. The molecule has 128 valence electrons. The zero-order valence-corrected chi connectivity index (χ0v) is 14.0. The van der Waals surface area contributed by atoms with Gasteiger partial charge in [-0.05, 0) is 37.1 Å². The van der Waals surface area contributed by atoms with E-state index < -0.39 is 5.67 Å². The van der Waals surface area contributed by atoms with Gasteiger partial charge in [0.2, 0.25) is 0 Å². The number of pyridine rings is 2. The number of aromatic nitrogens is 3. The first-order chi connectivity index (χ1) is 12.0. The zero-order valence-electron chi connectivity index (χ0n) is 14.0. The highest BCUT2D eigenvalue weighted by Crippen LogP contribution is 2.35. The highest BCUT2D eigenvalue weighted by Gasteiger charge is 2.47. The van der Waals surface area contributed by atoms with E-state index in [4.69, 9.17) is 0 Å². The van der Waals surface area contributed by atoms with Gasteiger partial charge in [0.15, 0.2) is 5.67 Å². The van der Waals surface area contributed by atoms with Crippen molar-refractivity contribution >= 4 is 17.5 Å². The van der Waals surface area contributed by atoms with Crippen LogP contribution in [0, 0.1) is 13.8 Å². The van der Waals surface area contributed by atoms with E-state index in [1.54, 1.807) is 24.5 Å². The molecule has 6 nitrogen and oxygen atoms in total. The van der Waals surface area contributed by atoms with E-state index in [9.17, 15) is 9.18 Å². The smallest absolute Gasteiger partial charge is 0.317 e. The number of carbonyl (C=O) groups is 1. The van der Waals surface area contributed by atoms with E-state index in [0.717, 1.165) is 16.8 Å². The van der Waals surface area contributed by atoms with Gasteiger partial charge in [-0.3, -0.25) is 14.7 Å². The van der Waals surface area contributed by atoms with Gasteiger partial charge < -0.3 is 4.90 Å². The predicted molar refractivity (Wildman–Crippen MR) is 92.3 cm³/mol. The zero-order chi connectivity index (χ0) is 17.6. The number of imidazole rings is 1. The van der Waals surface area contributed by atoms with Crippen molar-refractivity contribution in [2.45, 2.75) is 19.5 Å². The van der Waals surface area contributed by atoms with Crippen molar-refractivity contribution in [2.24, 2.45) is 0 Å². The summed E-state index contributed by atoms with van der Waals surface area (Å²) in [6.45, 7) is 4.03. The molecule has 3 aromatic heterocycles. The number of fused-ring (bicyclic) bond motifs is 1. The normalized spacial score (nSPS) is 15.9. The topological polar surface area (TPSA) is 62.5 Å². The van der Waals surface area contributed by atoms with Crippen LogP contribution in [0.25, 0.3) is 5.65 Å². The minimum absolute atomic E-state index is 0.0133. The number of likely N-dealkylation sites (tertiary alicyclic amines) is 1. The second-order valence-electron chi connectivity index (χ2n) is 6.45. The summed E-state index contributed by atoms with van der Waals surface area (Å²) in [6, 6.07) is 5.02. The number of hydrogen-bond acceptors (Lipinski definition) is 3. The van der Waals surface area contributed by atoms with E-state index in [0.29, 0.717) is 11.4 Å². The largest absolute Gasteiger partial charge is 0.323 e. The molecule has 0 aromatic carbocycles. The maximum atomic E-state index is 14.8. The summed E-state index contributed by atoms with van der Waals surface area (Å²) in [4.78, 5) is 22.1. The number of nitrogens with zero attached hydrogens (tertiary/aromatic N) is 4. The van der Waals surface area contributed by atoms with Crippen LogP contribution in [0.3, 0.4) is 0 Å². The van der Waals surface area contributed by atoms with Gasteiger partial charge in [0.1, 0.15) is 11.5 Å². The van der Waals surface area contributed by atoms with Crippen LogP contribution < -0.4 is 5.32 Å². The Morgan fingerprint density at radius 3 is 2.80 bits per heavy atom. The third-order valence-electron chi connectivity index (χ3n) is 4.78. The summed E-state index contributed by atoms with van der Waals surface area (Å²) in [5, 5.41) is 2.81. The number of halogens is 1. The van der Waals surface area contributed by atoms with Gasteiger partial charge in [0.25, 0.3) is 0 Å². The molecule has 0 spiro atoms. The average Bonchev–Trinajstić information content (AvgIpc) is 2.99. The van der Waals surface area contributed by atoms with Crippen LogP contribution in [0.4, 0.5) is 15.0 Å². The lowest BCUT2D eigenvalue weighted by Gasteiger charge is -2.44. The molecular weight excluding hydrogens is 321 g/mol. The Labute approximate surface area is 144 Å². The quantitative estimate of drug-likeness (QED) is 0.780. The number of alkyl halides is 1. The number of aryl methyl sites for hydroxylation is 2. The monoisotopic (exact) mass is 339 g/mol. The highest BCUT2D eigenvalue weighted by molar-refractivity contribution is 5.89. The standard InChI is InChI=1S/C18H18FN5O/c1-12-5-7-24-15(9-21-16(24)13(12)2)22-17(25)23-10-18(19,11-23)14-4-3-6-20-8-14/h3-9H,10-11H2,1-2H3,(H,22,25). The van der Waals surface area contributed by atoms with Crippen molar-refractivity contribution < 1.29 is 9.18 Å². The number of amides is 2. The number of urea groups is 1. The Kier molecular flexibility index (Phi) is 3.45. The Morgan fingerprint density at radius 2 is 2.08 bits per heavy atom. The molecule has 0 radical (unpaired) electrons. The van der Waals surface area contributed by atoms with Gasteiger partial charge in [-0.1, -0.05) is 6.07 Å². The van der Waals surface area contributed by atoms with Crippen LogP contribution in [0.2, 0.25) is 0 Å². The number of nitrogens with one attached hydrogen (secondary N) is 1. The molecule has 1 aliphatic heterocycles. The van der Waals surface area contributed by atoms with E-state index >= 15 is 0 Å². The minimum Gasteiger partial charge on any atom is -0.317 e. The molecule has 1 fully saturated rings. The van der Waals surface area contributed by atoms with Crippen molar-refractivity contribution in [3.63, 3.8) is 0 Å². The van der Waals surface area contributed by atoms with Gasteiger partial charge in [0.05, 0.1) is 19.3 Å². The lowest BCUT2D eigenvalue weighted by molar-refractivity contribution is -0.00556. The first-order valence-corrected chi connectivity index (χ1v) is 8.06. The summed E-state index contributed by atoms with van der Waals surface area (Å²) < 4.78 is 16.6. The van der Waals surface area contributed by atoms with Gasteiger partial charge in [0, 0.05) is 24.2 Å². The van der Waals surface area contributed by atoms with Crippen molar-refractivity contribution in [1.82, 2.24) is 19.3 Å². The first kappa shape index (κ1) is 15.6. The summed E-state index contributed by atoms with van der Waals surface area (Å²) in [5.41, 5.74) is 1.97. The minimum atomic E-state index is -1.53. The second kappa shape index (κ2) is 5.54. The molecule has 25 heavy (non-hydrogen) atoms. The Balaban J connectivity index is 1.48. The maximum Gasteiger partial charge on any atom is 0.323 e. The molecule has 0 saturated carbocycles. The fourth-order valence-corrected chi connectivity index (χ4v) is 3.07. The predicted octanol–water partition coefficient (Wildman–Crippen LogP) is 3.06. The van der Waals surface area contributed by atoms with Gasteiger partial charge in [-0.2, -0.15) is 0 Å². The Morgan fingerprint density at radius 1 is 1.28 bits per heavy atom. The molecule has 1 N–H and O–H groups in total. The molecule has 0 unspecified atom stereocenters. The molecular formula is C18H18FN5O. The molecule has 1 aliphatic rings. The number of hydrogen-bond donors (Lipinski definition) is 1. The molecule has 0 bridgehead atoms. The summed E-state index contributed by atoms with van der Waals surface area (Å²) in [6.07, 6.45) is 6.59. The highest BCUT2D eigenvalue weighted by atomic mass is 19.1. The lowest BCUT2D eigenvalue weighted by Crippen LogP contribution is -2.59. The van der Waals surface area contributed by atoms with E-state index in [-0.39, 0.29) is 19.1 Å². The van der Waals surface area contributed by atoms with Crippen LogP contribution >= 0.6 is 0 Å². The molecule has 0 aliphatic carbocycles. The van der Waals surface area contributed by atoms with Crippen molar-refractivity contribution in [1.29, 1.82) is 0 Å². The molecule has 2 amide bonds. The average molecular weight is 339 g/mol. The molecule has 3 aromatic rings. The molecule has 1 saturated heterocycles. The van der Waals surface area contributed by atoms with Crippen LogP contribution in [-0.2, 0) is 5.67 Å². The molecule has 4 rings (SSSR count). The molecule has 0 atom stereocenters. The second-order valence-corrected chi connectivity index (χ2v) is 6.45. The summed E-state index contributed by atoms with van der Waals surface area (Å²) >= 11 is 0. The summed E-state index contributed by atoms with van der Waals surface area (Å²) in [7, 11) is 0. The van der Waals surface area contributed by atoms with Crippen LogP contribution in [0.5, 0.6) is 0 Å². The van der Waals surface area contributed by atoms with E-state index in [2.05, 4.69) is 15.3 Å². The third kappa shape index (κ3) is 2.52. The maximum absolute atomic E-state index is 14.8. The molecule has 7 heteroatoms. The van der Waals surface area contributed by atoms with Gasteiger partial charge in [-0.15, -0.1) is 0 Å². The fourth-order valence-electron chi connectivity index (χ4n) is 3.07. The first-order valence-electron chi connectivity index (χ1n) is 8.06. The van der Waals surface area contributed by atoms with Crippen molar-refractivity contribution in [3.8, 4) is 0 Å². The van der Waals surface area contributed by atoms with Crippen molar-refractivity contribution in [3.05, 3.63) is 59.7 Å². The summed E-state index contributed by atoms with van der Waals surface area (Å²) in [5.74, 6) is 0.570. The van der Waals surface area contributed by atoms with Crippen molar-refractivity contribution in [2.75, 3.05) is 18.4 Å². The van der Waals surface area contributed by atoms with E-state index in [1.165, 1.54) is 11.1 Å². The Bertz CT molecular complexity index is 947. The fraction of sp³-hybridized carbons (Fsp3) is 0.278. The third-order valence-corrected chi connectivity index (χ3v) is 4.78. The van der Waals surface area contributed by atoms with Gasteiger partial charge >= 0.3 is 6.03 Å². The molecule has 4 heterocycles. The van der Waals surface area contributed by atoms with Gasteiger partial charge in [-0.25, -0.2) is 14.2 Å². The Hall–Kier alpha value is -2.96. The number of carbonyl (C=O) groups excluding carboxylic acids is 1. The van der Waals surface area contributed by atoms with Crippen LogP contribution in [0.1, 0.15) is 16.7 Å². The van der Waals surface area contributed by atoms with Crippen LogP contribution in [0.15, 0.2) is 43.0 Å². The lowest BCUT2D eigenvalue weighted by atomic mass is 9.89. The van der Waals surface area contributed by atoms with Crippen LogP contribution in [-0.4, -0.2) is 38.4 Å². The van der Waals surface area contributed by atoms with E-state index in [1.807, 2.05) is 30.5 Å². The number of rotatable bonds is 2.